The van der Waals surface area contributed by atoms with E-state index in [2.05, 4.69) is 30.1 Å². The van der Waals surface area contributed by atoms with Crippen LogP contribution in [-0.4, -0.2) is 36.3 Å². The largest absolute Gasteiger partial charge is 0.370 e. The van der Waals surface area contributed by atoms with Crippen molar-refractivity contribution in [2.24, 2.45) is 5.92 Å². The van der Waals surface area contributed by atoms with Crippen molar-refractivity contribution < 1.29 is 4.74 Å². The Balaban J connectivity index is 1.58. The number of aromatic nitrogens is 1. The van der Waals surface area contributed by atoms with Gasteiger partial charge in [-0.3, -0.25) is 0 Å². The third-order valence-electron chi connectivity index (χ3n) is 6.41. The monoisotopic (exact) mass is 352 g/mol. The van der Waals surface area contributed by atoms with Crippen LogP contribution in [0, 0.1) is 17.2 Å². The van der Waals surface area contributed by atoms with E-state index >= 15 is 0 Å². The van der Waals surface area contributed by atoms with E-state index < -0.39 is 0 Å². The van der Waals surface area contributed by atoms with Crippen molar-refractivity contribution in [3.05, 3.63) is 22.4 Å². The maximum absolute atomic E-state index is 10.0. The first-order valence-electron chi connectivity index (χ1n) is 10.1. The second-order valence-corrected chi connectivity index (χ2v) is 9.11. The van der Waals surface area contributed by atoms with Crippen LogP contribution in [0.15, 0.2) is 0 Å². The number of ether oxygens (including phenoxy) is 1. The number of piperazine rings is 1. The molecular formula is C21H28N4O. The highest BCUT2D eigenvalue weighted by molar-refractivity contribution is 5.62. The quantitative estimate of drug-likeness (QED) is 0.906. The second-order valence-electron chi connectivity index (χ2n) is 9.11. The zero-order chi connectivity index (χ0) is 17.9. The smallest absolute Gasteiger partial charge is 0.147 e. The molecule has 4 aliphatic rings. The predicted molar refractivity (Wildman–Crippen MR) is 100 cm³/mol. The number of anilines is 1. The van der Waals surface area contributed by atoms with Crippen LogP contribution in [0.4, 0.5) is 5.82 Å². The number of fused-ring (bicyclic) bond motifs is 1. The first-order chi connectivity index (χ1) is 12.6. The molecule has 0 spiro atoms. The number of hydrogen-bond donors (Lipinski definition) is 1. The average Bonchev–Trinajstić information content (AvgIpc) is 3.52. The van der Waals surface area contributed by atoms with Gasteiger partial charge in [0, 0.05) is 43.6 Å². The molecule has 0 aromatic carbocycles. The summed E-state index contributed by atoms with van der Waals surface area (Å²) in [6, 6.07) is 3.08. The molecule has 0 amide bonds. The zero-order valence-corrected chi connectivity index (χ0v) is 15.8. The molecule has 26 heavy (non-hydrogen) atoms. The fourth-order valence-electron chi connectivity index (χ4n) is 4.60. The van der Waals surface area contributed by atoms with Crippen LogP contribution in [0.3, 0.4) is 0 Å². The van der Waals surface area contributed by atoms with Crippen molar-refractivity contribution in [1.82, 2.24) is 10.3 Å². The highest BCUT2D eigenvalue weighted by atomic mass is 16.5. The molecule has 1 aromatic rings. The number of nitrogens with zero attached hydrogens (tertiary/aromatic N) is 3. The molecule has 1 atom stereocenters. The van der Waals surface area contributed by atoms with Crippen LogP contribution in [0.1, 0.15) is 67.8 Å². The van der Waals surface area contributed by atoms with E-state index in [1.54, 1.807) is 0 Å². The fraction of sp³-hybridized carbons (Fsp3) is 0.714. The Bertz CT molecular complexity index is 773. The van der Waals surface area contributed by atoms with Crippen molar-refractivity contribution in [2.45, 2.75) is 70.1 Å². The molecule has 1 N–H and O–H groups in total. The van der Waals surface area contributed by atoms with E-state index in [-0.39, 0.29) is 5.60 Å². The lowest BCUT2D eigenvalue weighted by Gasteiger charge is -2.38. The van der Waals surface area contributed by atoms with Crippen molar-refractivity contribution in [2.75, 3.05) is 24.5 Å². The summed E-state index contributed by atoms with van der Waals surface area (Å²) in [7, 11) is 0. The molecule has 0 bridgehead atoms. The normalized spacial score (nSPS) is 27.7. The van der Waals surface area contributed by atoms with Gasteiger partial charge in [0.1, 0.15) is 11.9 Å². The summed E-state index contributed by atoms with van der Waals surface area (Å²) in [5, 5.41) is 13.7. The van der Waals surface area contributed by atoms with Crippen LogP contribution >= 0.6 is 0 Å². The highest BCUT2D eigenvalue weighted by Gasteiger charge is 2.39. The summed E-state index contributed by atoms with van der Waals surface area (Å²) < 4.78 is 6.08. The number of nitrogens with one attached hydrogen (secondary N) is 1. The van der Waals surface area contributed by atoms with Gasteiger partial charge in [0.15, 0.2) is 0 Å². The molecule has 1 aromatic heterocycles. The van der Waals surface area contributed by atoms with Gasteiger partial charge < -0.3 is 15.0 Å². The van der Waals surface area contributed by atoms with Crippen LogP contribution < -0.4 is 10.2 Å². The Morgan fingerprint density at radius 3 is 2.73 bits per heavy atom. The van der Waals surface area contributed by atoms with E-state index in [4.69, 9.17) is 9.72 Å². The van der Waals surface area contributed by atoms with Crippen LogP contribution in [0.5, 0.6) is 0 Å². The summed E-state index contributed by atoms with van der Waals surface area (Å²) >= 11 is 0. The van der Waals surface area contributed by atoms with Crippen LogP contribution in [0.2, 0.25) is 0 Å². The van der Waals surface area contributed by atoms with E-state index in [1.165, 1.54) is 42.5 Å². The van der Waals surface area contributed by atoms with Crippen molar-refractivity contribution >= 4 is 5.82 Å². The number of pyridine rings is 1. The Labute approximate surface area is 155 Å². The van der Waals surface area contributed by atoms with E-state index in [9.17, 15) is 5.26 Å². The van der Waals surface area contributed by atoms with Crippen LogP contribution in [-0.2, 0) is 17.8 Å². The van der Waals surface area contributed by atoms with Gasteiger partial charge in [-0.1, -0.05) is 0 Å². The molecule has 2 aliphatic heterocycles. The lowest BCUT2D eigenvalue weighted by molar-refractivity contribution is -0.0407. The number of hydrogen-bond acceptors (Lipinski definition) is 5. The number of rotatable bonds is 3. The first-order valence-corrected chi connectivity index (χ1v) is 10.1. The summed E-state index contributed by atoms with van der Waals surface area (Å²) in [5.41, 5.74) is 4.22. The Kier molecular flexibility index (Phi) is 3.77. The minimum Gasteiger partial charge on any atom is -0.370 e. The van der Waals surface area contributed by atoms with E-state index in [0.29, 0.717) is 18.6 Å². The maximum atomic E-state index is 10.0. The van der Waals surface area contributed by atoms with Gasteiger partial charge >= 0.3 is 0 Å². The molecular weight excluding hydrogens is 324 g/mol. The lowest BCUT2D eigenvalue weighted by Crippen LogP contribution is -2.52. The predicted octanol–water partition coefficient (Wildman–Crippen LogP) is 2.87. The molecule has 1 unspecified atom stereocenters. The van der Waals surface area contributed by atoms with Crippen molar-refractivity contribution in [3.8, 4) is 6.07 Å². The third-order valence-corrected chi connectivity index (χ3v) is 6.41. The molecule has 2 saturated carbocycles. The molecule has 5 nitrogen and oxygen atoms in total. The zero-order valence-electron chi connectivity index (χ0n) is 15.8. The molecule has 138 valence electrons. The average molecular weight is 352 g/mol. The van der Waals surface area contributed by atoms with Crippen molar-refractivity contribution in [1.29, 1.82) is 5.26 Å². The van der Waals surface area contributed by atoms with Crippen LogP contribution in [0.25, 0.3) is 0 Å². The Morgan fingerprint density at radius 1 is 1.23 bits per heavy atom. The summed E-state index contributed by atoms with van der Waals surface area (Å²) in [5.74, 6) is 2.33. The molecule has 0 radical (unpaired) electrons. The Morgan fingerprint density at radius 2 is 2.04 bits per heavy atom. The minimum atomic E-state index is -0.210. The topological polar surface area (TPSA) is 61.2 Å². The number of nitriles is 1. The molecule has 1 saturated heterocycles. The van der Waals surface area contributed by atoms with Gasteiger partial charge in [-0.2, -0.15) is 5.26 Å². The summed E-state index contributed by atoms with van der Waals surface area (Å²) in [6.45, 7) is 7.76. The third kappa shape index (κ3) is 2.90. The van der Waals surface area contributed by atoms with Gasteiger partial charge in [-0.05, 0) is 51.0 Å². The first kappa shape index (κ1) is 16.5. The maximum Gasteiger partial charge on any atom is 0.147 e. The summed E-state index contributed by atoms with van der Waals surface area (Å²) in [4.78, 5) is 7.48. The standard InChI is InChI=1S/C21H28N4O/c1-21(2)9-15-16(10-22)20(24-19(14-5-6-14)17(15)12-26-21)25-8-7-23-18(11-25)13-3-4-13/h13-14,18,23H,3-9,11-12H2,1-2H3. The highest BCUT2D eigenvalue weighted by Crippen LogP contribution is 2.46. The molecule has 5 heteroatoms. The van der Waals surface area contributed by atoms with Gasteiger partial charge in [-0.15, -0.1) is 0 Å². The van der Waals surface area contributed by atoms with Gasteiger partial charge in [0.2, 0.25) is 0 Å². The van der Waals surface area contributed by atoms with Gasteiger partial charge in [0.25, 0.3) is 0 Å². The molecule has 2 aliphatic carbocycles. The fourth-order valence-corrected chi connectivity index (χ4v) is 4.60. The van der Waals surface area contributed by atoms with E-state index in [1.807, 2.05) is 0 Å². The second kappa shape index (κ2) is 5.94. The van der Waals surface area contributed by atoms with Crippen molar-refractivity contribution in [3.63, 3.8) is 0 Å². The summed E-state index contributed by atoms with van der Waals surface area (Å²) in [6.07, 6.45) is 5.93. The van der Waals surface area contributed by atoms with Gasteiger partial charge in [0.05, 0.1) is 23.5 Å². The molecule has 3 heterocycles. The molecule has 5 rings (SSSR count). The Hall–Kier alpha value is -1.64. The van der Waals surface area contributed by atoms with Gasteiger partial charge in [-0.25, -0.2) is 4.98 Å². The minimum absolute atomic E-state index is 0.210. The lowest BCUT2D eigenvalue weighted by atomic mass is 9.87. The SMILES string of the molecule is CC1(C)Cc2c(C#N)c(N3CCNC(C4CC4)C3)nc(C3CC3)c2CO1. The van der Waals surface area contributed by atoms with E-state index in [0.717, 1.165) is 43.4 Å². The molecule has 3 fully saturated rings.